The van der Waals surface area contributed by atoms with Gasteiger partial charge >= 0.3 is 11.9 Å². The van der Waals surface area contributed by atoms with Crippen molar-refractivity contribution in [2.45, 2.75) is 75.1 Å². The second kappa shape index (κ2) is 15.8. The molecule has 1 saturated carbocycles. The number of aromatic carboxylic acids is 1. The maximum absolute atomic E-state index is 13.8. The molecule has 13 heteroatoms. The number of hydrogen-bond acceptors (Lipinski definition) is 7. The Bertz CT molecular complexity index is 2080. The number of carboxylic acid groups (broad SMARTS) is 2. The fourth-order valence-electron chi connectivity index (χ4n) is 6.97. The number of thiophene rings is 1. The molecule has 0 radical (unpaired) electrons. The Morgan fingerprint density at radius 2 is 1.42 bits per heavy atom. The molecule has 0 unspecified atom stereocenters. The Hall–Kier alpha value is -4.85. The number of rotatable bonds is 12. The van der Waals surface area contributed by atoms with Crippen molar-refractivity contribution in [3.05, 3.63) is 111 Å². The first-order valence-electron chi connectivity index (χ1n) is 17.4. The van der Waals surface area contributed by atoms with Crippen molar-refractivity contribution in [3.63, 3.8) is 0 Å². The summed E-state index contributed by atoms with van der Waals surface area (Å²) in [6.45, 7) is 0. The van der Waals surface area contributed by atoms with Gasteiger partial charge in [0.05, 0.1) is 21.9 Å². The zero-order valence-corrected chi connectivity index (χ0v) is 30.4. The van der Waals surface area contributed by atoms with E-state index >= 15 is 0 Å². The van der Waals surface area contributed by atoms with E-state index in [0.717, 1.165) is 53.7 Å². The van der Waals surface area contributed by atoms with Gasteiger partial charge in [0.2, 0.25) is 10.0 Å². The summed E-state index contributed by atoms with van der Waals surface area (Å²) in [5, 5.41) is 24.8. The Balaban J connectivity index is 1.14. The van der Waals surface area contributed by atoms with Gasteiger partial charge in [0, 0.05) is 29.2 Å². The summed E-state index contributed by atoms with van der Waals surface area (Å²) in [5.41, 5.74) is 4.41. The fourth-order valence-corrected chi connectivity index (χ4v) is 9.71. The second-order valence-electron chi connectivity index (χ2n) is 13.4. The summed E-state index contributed by atoms with van der Waals surface area (Å²) in [4.78, 5) is 50.9. The summed E-state index contributed by atoms with van der Waals surface area (Å²) in [6.07, 6.45) is 6.59. The molecule has 1 fully saturated rings. The highest BCUT2D eigenvalue weighted by molar-refractivity contribution is 7.89. The third kappa shape index (κ3) is 8.27. The standard InChI is InChI=1S/C39H41N3O8S2/c1-42(30-21-17-27(18-22-30)39(47)48)52(49,50)31-6-4-5-28(23-31)35(43)41-37-34(32-7-2-3-8-33(32)51-37)36(44)40-29-19-13-25(14-20-29)10-9-24-11-15-26(16-12-24)38(45)46/h4-6,11-16,19-20,23,27,30H,2-3,7-10,17-18,21-22H2,1H3,(H,40,44)(H,41,43)(H,45,46)(H,47,48)/t27-,30-. The molecule has 11 nitrogen and oxygen atoms in total. The first-order chi connectivity index (χ1) is 24.9. The van der Waals surface area contributed by atoms with Crippen LogP contribution >= 0.6 is 11.3 Å². The maximum atomic E-state index is 13.8. The summed E-state index contributed by atoms with van der Waals surface area (Å²) in [6, 6.07) is 19.8. The highest BCUT2D eigenvalue weighted by Gasteiger charge is 2.34. The van der Waals surface area contributed by atoms with Crippen molar-refractivity contribution in [2.24, 2.45) is 5.92 Å². The number of fused-ring (bicyclic) bond motifs is 1. The average molecular weight is 744 g/mol. The summed E-state index contributed by atoms with van der Waals surface area (Å²) >= 11 is 1.38. The number of hydrogen-bond donors (Lipinski definition) is 4. The predicted octanol–water partition coefficient (Wildman–Crippen LogP) is 6.88. The molecule has 0 atom stereocenters. The van der Waals surface area contributed by atoms with Crippen molar-refractivity contribution in [1.82, 2.24) is 4.31 Å². The number of carboxylic acids is 2. The van der Waals surface area contributed by atoms with E-state index in [9.17, 15) is 32.7 Å². The molecule has 0 bridgehead atoms. The lowest BCUT2D eigenvalue weighted by Gasteiger charge is -2.32. The van der Waals surface area contributed by atoms with E-state index in [1.165, 1.54) is 47.0 Å². The van der Waals surface area contributed by atoms with Crippen LogP contribution in [0.25, 0.3) is 0 Å². The quantitative estimate of drug-likeness (QED) is 0.122. The molecule has 4 N–H and O–H groups in total. The SMILES string of the molecule is CN([C@H]1CC[C@H](C(=O)O)CC1)S(=O)(=O)c1cccc(C(=O)Nc2sc3c(c2C(=O)Nc2ccc(CCc4ccc(C(=O)O)cc4)cc2)CCCC3)c1. The molecule has 0 saturated heterocycles. The molecular weight excluding hydrogens is 703 g/mol. The summed E-state index contributed by atoms with van der Waals surface area (Å²) in [7, 11) is -2.47. The molecule has 52 heavy (non-hydrogen) atoms. The molecule has 2 aliphatic rings. The Morgan fingerprint density at radius 1 is 0.788 bits per heavy atom. The van der Waals surface area contributed by atoms with E-state index in [1.54, 1.807) is 12.1 Å². The Kier molecular flexibility index (Phi) is 11.2. The van der Waals surface area contributed by atoms with Gasteiger partial charge in [-0.1, -0.05) is 30.3 Å². The predicted molar refractivity (Wildman–Crippen MR) is 199 cm³/mol. The Labute approximate surface area is 306 Å². The maximum Gasteiger partial charge on any atom is 0.335 e. The van der Waals surface area contributed by atoms with E-state index in [-0.39, 0.29) is 28.0 Å². The minimum atomic E-state index is -3.96. The van der Waals surface area contributed by atoms with Gasteiger partial charge in [-0.2, -0.15) is 4.31 Å². The molecule has 1 heterocycles. The van der Waals surface area contributed by atoms with Gasteiger partial charge in [-0.15, -0.1) is 11.3 Å². The number of aliphatic carboxylic acids is 1. The van der Waals surface area contributed by atoms with Crippen molar-refractivity contribution in [1.29, 1.82) is 0 Å². The van der Waals surface area contributed by atoms with E-state index in [0.29, 0.717) is 48.4 Å². The van der Waals surface area contributed by atoms with E-state index in [1.807, 2.05) is 36.4 Å². The molecule has 272 valence electrons. The van der Waals surface area contributed by atoms with Gasteiger partial charge < -0.3 is 20.8 Å². The lowest BCUT2D eigenvalue weighted by molar-refractivity contribution is -0.143. The van der Waals surface area contributed by atoms with Crippen molar-refractivity contribution < 1.29 is 37.8 Å². The molecule has 4 aromatic rings. The molecule has 0 spiro atoms. The van der Waals surface area contributed by atoms with Crippen LogP contribution in [0.5, 0.6) is 0 Å². The van der Waals surface area contributed by atoms with Crippen molar-refractivity contribution in [2.75, 3.05) is 17.7 Å². The first-order valence-corrected chi connectivity index (χ1v) is 19.7. The summed E-state index contributed by atoms with van der Waals surface area (Å²) < 4.78 is 28.5. The third-order valence-corrected chi connectivity index (χ3v) is 13.2. The average Bonchev–Trinajstić information content (AvgIpc) is 3.52. The second-order valence-corrected chi connectivity index (χ2v) is 16.5. The number of carbonyl (C=O) groups excluding carboxylic acids is 2. The number of nitrogens with one attached hydrogen (secondary N) is 2. The highest BCUT2D eigenvalue weighted by atomic mass is 32.2. The van der Waals surface area contributed by atoms with Crippen LogP contribution in [-0.2, 0) is 40.5 Å². The van der Waals surface area contributed by atoms with Gasteiger partial charge in [-0.05, 0) is 123 Å². The van der Waals surface area contributed by atoms with Crippen molar-refractivity contribution >= 4 is 55.8 Å². The molecule has 1 aromatic heterocycles. The van der Waals surface area contributed by atoms with E-state index in [2.05, 4.69) is 10.6 Å². The number of aryl methyl sites for hydroxylation is 3. The number of anilines is 2. The van der Waals surface area contributed by atoms with E-state index in [4.69, 9.17) is 5.11 Å². The Morgan fingerprint density at radius 3 is 2.06 bits per heavy atom. The van der Waals surface area contributed by atoms with Gasteiger partial charge in [0.25, 0.3) is 11.8 Å². The van der Waals surface area contributed by atoms with Gasteiger partial charge in [-0.3, -0.25) is 14.4 Å². The van der Waals surface area contributed by atoms with Crippen LogP contribution in [0.4, 0.5) is 10.7 Å². The smallest absolute Gasteiger partial charge is 0.335 e. The fraction of sp³-hybridized carbons (Fsp3) is 0.333. The number of carbonyl (C=O) groups is 4. The molecule has 2 aliphatic carbocycles. The largest absolute Gasteiger partial charge is 0.481 e. The minimum Gasteiger partial charge on any atom is -0.481 e. The number of benzene rings is 3. The highest BCUT2D eigenvalue weighted by Crippen LogP contribution is 2.39. The molecular formula is C39H41N3O8S2. The van der Waals surface area contributed by atoms with Gasteiger partial charge in [-0.25, -0.2) is 13.2 Å². The molecule has 6 rings (SSSR count). The molecule has 3 aromatic carbocycles. The van der Waals surface area contributed by atoms with Crippen LogP contribution in [-0.4, -0.2) is 59.8 Å². The molecule has 0 aliphatic heterocycles. The van der Waals surface area contributed by atoms with Crippen LogP contribution < -0.4 is 10.6 Å². The van der Waals surface area contributed by atoms with Crippen LogP contribution in [0.2, 0.25) is 0 Å². The lowest BCUT2D eigenvalue weighted by atomic mass is 9.86. The number of amides is 2. The topological polar surface area (TPSA) is 170 Å². The van der Waals surface area contributed by atoms with Crippen molar-refractivity contribution in [3.8, 4) is 0 Å². The third-order valence-electron chi connectivity index (χ3n) is 10.1. The van der Waals surface area contributed by atoms with E-state index < -0.39 is 33.8 Å². The van der Waals surface area contributed by atoms with Crippen LogP contribution in [0.15, 0.2) is 77.7 Å². The van der Waals surface area contributed by atoms with Crippen LogP contribution in [0.1, 0.15) is 91.2 Å². The van der Waals surface area contributed by atoms with Crippen LogP contribution in [0.3, 0.4) is 0 Å². The normalized spacial score (nSPS) is 17.3. The first kappa shape index (κ1) is 36.9. The number of nitrogens with zero attached hydrogens (tertiary/aromatic N) is 1. The molecule has 2 amide bonds. The van der Waals surface area contributed by atoms with Crippen LogP contribution in [0, 0.1) is 5.92 Å². The monoisotopic (exact) mass is 743 g/mol. The van der Waals surface area contributed by atoms with Gasteiger partial charge in [0.15, 0.2) is 0 Å². The zero-order valence-electron chi connectivity index (χ0n) is 28.8. The summed E-state index contributed by atoms with van der Waals surface area (Å²) in [5.74, 6) is -3.15. The van der Waals surface area contributed by atoms with Gasteiger partial charge in [0.1, 0.15) is 5.00 Å². The number of sulfonamides is 1. The lowest BCUT2D eigenvalue weighted by Crippen LogP contribution is -2.40. The minimum absolute atomic E-state index is 0.0361. The zero-order chi connectivity index (χ0) is 37.0.